The summed E-state index contributed by atoms with van der Waals surface area (Å²) in [6.07, 6.45) is 15.2. The van der Waals surface area contributed by atoms with Gasteiger partial charge in [0.1, 0.15) is 0 Å². The van der Waals surface area contributed by atoms with Crippen LogP contribution in [0.15, 0.2) is 0 Å². The molecule has 0 radical (unpaired) electrons. The number of hydrogen-bond acceptors (Lipinski definition) is 6. The van der Waals surface area contributed by atoms with Crippen molar-refractivity contribution in [2.24, 2.45) is 0 Å². The minimum atomic E-state index is 0.0349. The van der Waals surface area contributed by atoms with Crippen molar-refractivity contribution >= 4 is 5.95 Å². The summed E-state index contributed by atoms with van der Waals surface area (Å²) in [5.41, 5.74) is 0. The third kappa shape index (κ3) is 4.30. The highest BCUT2D eigenvalue weighted by Crippen LogP contribution is 2.12. The van der Waals surface area contributed by atoms with Gasteiger partial charge in [0.25, 0.3) is 0 Å². The lowest BCUT2D eigenvalue weighted by molar-refractivity contribution is 0.304. The van der Waals surface area contributed by atoms with Gasteiger partial charge in [-0.25, -0.2) is 0 Å². The first-order chi connectivity index (χ1) is 8.80. The van der Waals surface area contributed by atoms with Crippen LogP contribution in [0.3, 0.4) is 0 Å². The van der Waals surface area contributed by atoms with E-state index in [2.05, 4.69) is 38.0 Å². The monoisotopic (exact) mass is 242 g/mol. The van der Waals surface area contributed by atoms with E-state index in [0.717, 1.165) is 0 Å². The molecule has 0 bridgehead atoms. The standard InChI is InChI=1S/C12H10N4O2/c1-4-7-13-10-14-11(17-8-5-2)16-12(15-10)18-9-6-3/h1-3H,7-9H2,(H,13,14,15,16). The molecule has 0 amide bonds. The Balaban J connectivity index is 2.86. The predicted molar refractivity (Wildman–Crippen MR) is 65.8 cm³/mol. The second-order valence-corrected chi connectivity index (χ2v) is 2.77. The van der Waals surface area contributed by atoms with Crippen LogP contribution in [0.4, 0.5) is 5.95 Å². The summed E-state index contributed by atoms with van der Waals surface area (Å²) in [6.45, 7) is 0.327. The molecule has 6 heteroatoms. The number of terminal acetylenes is 3. The molecular formula is C12H10N4O2. The first-order valence-electron chi connectivity index (χ1n) is 4.86. The van der Waals surface area contributed by atoms with E-state index in [0.29, 0.717) is 0 Å². The van der Waals surface area contributed by atoms with Crippen molar-refractivity contribution in [3.8, 4) is 49.1 Å². The minimum absolute atomic E-state index is 0.0349. The molecule has 1 aromatic rings. The zero-order chi connectivity index (χ0) is 13.2. The summed E-state index contributed by atoms with van der Waals surface area (Å²) in [6, 6.07) is 0.0731. The molecule has 0 atom stereocenters. The smallest absolute Gasteiger partial charge is 0.325 e. The van der Waals surface area contributed by atoms with Gasteiger partial charge >= 0.3 is 12.0 Å². The van der Waals surface area contributed by atoms with Gasteiger partial charge in [0.05, 0.1) is 6.54 Å². The maximum Gasteiger partial charge on any atom is 0.325 e. The minimum Gasteiger partial charge on any atom is -0.450 e. The van der Waals surface area contributed by atoms with Crippen molar-refractivity contribution in [3.05, 3.63) is 0 Å². The molecule has 0 saturated heterocycles. The molecule has 18 heavy (non-hydrogen) atoms. The first-order valence-corrected chi connectivity index (χ1v) is 4.86. The van der Waals surface area contributed by atoms with E-state index in [1.165, 1.54) is 0 Å². The van der Waals surface area contributed by atoms with Crippen LogP contribution in [0.2, 0.25) is 0 Å². The van der Waals surface area contributed by atoms with Crippen LogP contribution in [-0.4, -0.2) is 34.7 Å². The Labute approximate surface area is 105 Å². The predicted octanol–water partition coefficient (Wildman–Crippen LogP) is -0.0593. The van der Waals surface area contributed by atoms with Gasteiger partial charge in [0.2, 0.25) is 5.95 Å². The molecule has 0 aliphatic heterocycles. The van der Waals surface area contributed by atoms with Crippen LogP contribution in [0, 0.1) is 37.0 Å². The molecule has 0 saturated carbocycles. The van der Waals surface area contributed by atoms with E-state index in [1.54, 1.807) is 0 Å². The third-order valence-electron chi connectivity index (χ3n) is 1.51. The molecule has 0 aromatic carbocycles. The quantitative estimate of drug-likeness (QED) is 0.705. The molecular weight excluding hydrogens is 232 g/mol. The van der Waals surface area contributed by atoms with Crippen molar-refractivity contribution < 1.29 is 9.47 Å². The summed E-state index contributed by atoms with van der Waals surface area (Å²) in [5.74, 6) is 7.19. The lowest BCUT2D eigenvalue weighted by atomic mass is 10.6. The number of nitrogens with zero attached hydrogens (tertiary/aromatic N) is 3. The van der Waals surface area contributed by atoms with Gasteiger partial charge in [-0.2, -0.15) is 9.97 Å². The molecule has 0 spiro atoms. The Hall–Kier alpha value is -2.91. The molecule has 0 aliphatic rings. The number of aromatic nitrogens is 3. The maximum absolute atomic E-state index is 5.11. The highest BCUT2D eigenvalue weighted by Gasteiger charge is 2.07. The van der Waals surface area contributed by atoms with Crippen molar-refractivity contribution in [2.45, 2.75) is 0 Å². The Bertz CT molecular complexity index is 434. The Morgan fingerprint density at radius 1 is 0.889 bits per heavy atom. The van der Waals surface area contributed by atoms with Gasteiger partial charge in [-0.3, -0.25) is 0 Å². The van der Waals surface area contributed by atoms with Gasteiger partial charge in [-0.15, -0.1) is 24.3 Å². The zero-order valence-corrected chi connectivity index (χ0v) is 9.51. The van der Waals surface area contributed by atoms with Gasteiger partial charge in [-0.05, 0) is 0 Å². The van der Waals surface area contributed by atoms with Crippen LogP contribution < -0.4 is 14.8 Å². The molecule has 1 aromatic heterocycles. The average Bonchev–Trinajstić information content (AvgIpc) is 2.40. The fourth-order valence-electron chi connectivity index (χ4n) is 0.889. The molecule has 90 valence electrons. The summed E-state index contributed by atoms with van der Waals surface area (Å²) in [4.78, 5) is 11.7. The normalized spacial score (nSPS) is 8.50. The summed E-state index contributed by atoms with van der Waals surface area (Å²) in [7, 11) is 0. The van der Waals surface area contributed by atoms with E-state index in [-0.39, 0.29) is 37.7 Å². The Morgan fingerprint density at radius 2 is 1.44 bits per heavy atom. The molecule has 0 unspecified atom stereocenters. The van der Waals surface area contributed by atoms with E-state index in [9.17, 15) is 0 Å². The molecule has 1 N–H and O–H groups in total. The van der Waals surface area contributed by atoms with E-state index < -0.39 is 0 Å². The maximum atomic E-state index is 5.11. The van der Waals surface area contributed by atoms with E-state index in [1.807, 2.05) is 0 Å². The Kier molecular flexibility index (Phi) is 5.39. The number of hydrogen-bond donors (Lipinski definition) is 1. The van der Waals surface area contributed by atoms with Crippen LogP contribution in [0.25, 0.3) is 0 Å². The largest absolute Gasteiger partial charge is 0.450 e. The number of rotatable bonds is 6. The SMILES string of the molecule is C#CCNc1nc(OCC#C)nc(OCC#C)n1. The third-order valence-corrected chi connectivity index (χ3v) is 1.51. The lowest BCUT2D eigenvalue weighted by Crippen LogP contribution is -2.09. The molecule has 1 rings (SSSR count). The number of anilines is 1. The Morgan fingerprint density at radius 3 is 1.89 bits per heavy atom. The second-order valence-electron chi connectivity index (χ2n) is 2.77. The van der Waals surface area contributed by atoms with Crippen molar-refractivity contribution in [3.63, 3.8) is 0 Å². The summed E-state index contributed by atoms with van der Waals surface area (Å²) in [5, 5.41) is 2.77. The van der Waals surface area contributed by atoms with Crippen LogP contribution in [0.5, 0.6) is 12.0 Å². The van der Waals surface area contributed by atoms with Gasteiger partial charge in [0, 0.05) is 0 Å². The summed E-state index contributed by atoms with van der Waals surface area (Å²) < 4.78 is 10.1. The van der Waals surface area contributed by atoms with Gasteiger partial charge in [0.15, 0.2) is 13.2 Å². The van der Waals surface area contributed by atoms with E-state index >= 15 is 0 Å². The molecule has 0 aliphatic carbocycles. The van der Waals surface area contributed by atoms with Crippen molar-refractivity contribution in [1.29, 1.82) is 0 Å². The van der Waals surface area contributed by atoms with Crippen LogP contribution in [-0.2, 0) is 0 Å². The highest BCUT2D eigenvalue weighted by molar-refractivity contribution is 5.29. The van der Waals surface area contributed by atoms with Crippen molar-refractivity contribution in [1.82, 2.24) is 15.0 Å². The van der Waals surface area contributed by atoms with Gasteiger partial charge < -0.3 is 14.8 Å². The molecule has 1 heterocycles. The van der Waals surface area contributed by atoms with E-state index in [4.69, 9.17) is 28.7 Å². The fraction of sp³-hybridized carbons (Fsp3) is 0.250. The van der Waals surface area contributed by atoms with Crippen molar-refractivity contribution in [2.75, 3.05) is 25.1 Å². The number of nitrogens with one attached hydrogen (secondary N) is 1. The molecule has 6 nitrogen and oxygen atoms in total. The first kappa shape index (κ1) is 13.2. The topological polar surface area (TPSA) is 69.2 Å². The molecule has 0 fully saturated rings. The second kappa shape index (κ2) is 7.38. The van der Waals surface area contributed by atoms with Gasteiger partial charge in [-0.1, -0.05) is 17.8 Å². The number of ether oxygens (including phenoxy) is 2. The lowest BCUT2D eigenvalue weighted by Gasteiger charge is -2.06. The average molecular weight is 242 g/mol. The zero-order valence-electron chi connectivity index (χ0n) is 9.51. The summed E-state index contributed by atoms with van der Waals surface area (Å²) >= 11 is 0. The highest BCUT2D eigenvalue weighted by atomic mass is 16.5. The van der Waals surface area contributed by atoms with Crippen LogP contribution >= 0.6 is 0 Å². The fourth-order valence-corrected chi connectivity index (χ4v) is 0.889. The van der Waals surface area contributed by atoms with Crippen LogP contribution in [0.1, 0.15) is 0 Å².